The zero-order valence-electron chi connectivity index (χ0n) is 5.55. The van der Waals surface area contributed by atoms with Crippen molar-refractivity contribution in [2.75, 3.05) is 6.61 Å². The van der Waals surface area contributed by atoms with Crippen molar-refractivity contribution in [1.82, 2.24) is 0 Å². The second-order valence-corrected chi connectivity index (χ2v) is 2.87. The van der Waals surface area contributed by atoms with Crippen molar-refractivity contribution in [2.45, 2.75) is 25.4 Å². The summed E-state index contributed by atoms with van der Waals surface area (Å²) < 4.78 is 5.51. The summed E-state index contributed by atoms with van der Waals surface area (Å²) in [6.07, 6.45) is 8.91. The molecule has 1 nitrogen and oxygen atoms in total. The van der Waals surface area contributed by atoms with Gasteiger partial charge in [0.15, 0.2) is 0 Å². The molecule has 2 rings (SSSR count). The number of allylic oxidation sites excluding steroid dienone is 1. The van der Waals surface area contributed by atoms with E-state index < -0.39 is 0 Å². The van der Waals surface area contributed by atoms with Gasteiger partial charge in [-0.05, 0) is 19.3 Å². The van der Waals surface area contributed by atoms with Crippen LogP contribution in [0.1, 0.15) is 19.3 Å². The topological polar surface area (TPSA) is 9.23 Å². The monoisotopic (exact) mass is 124 g/mol. The Hall–Kier alpha value is -0.300. The van der Waals surface area contributed by atoms with E-state index in [0.717, 1.165) is 12.5 Å². The van der Waals surface area contributed by atoms with Gasteiger partial charge in [-0.15, -0.1) is 0 Å². The van der Waals surface area contributed by atoms with Crippen molar-refractivity contribution in [3.8, 4) is 0 Å². The average molecular weight is 124 g/mol. The summed E-state index contributed by atoms with van der Waals surface area (Å²) in [5.74, 6) is 0.763. The van der Waals surface area contributed by atoms with Gasteiger partial charge in [-0.1, -0.05) is 12.2 Å². The van der Waals surface area contributed by atoms with Crippen LogP contribution in [0.4, 0.5) is 0 Å². The van der Waals surface area contributed by atoms with Gasteiger partial charge in [0.25, 0.3) is 0 Å². The van der Waals surface area contributed by atoms with Crippen molar-refractivity contribution < 1.29 is 4.74 Å². The van der Waals surface area contributed by atoms with E-state index in [1.165, 1.54) is 19.3 Å². The molecular formula is C8H12O. The first-order valence-electron chi connectivity index (χ1n) is 3.75. The van der Waals surface area contributed by atoms with Crippen LogP contribution in [0.5, 0.6) is 0 Å². The molecule has 2 aliphatic rings. The molecule has 1 heterocycles. The van der Waals surface area contributed by atoms with Gasteiger partial charge in [-0.3, -0.25) is 0 Å². The van der Waals surface area contributed by atoms with E-state index in [9.17, 15) is 0 Å². The first kappa shape index (κ1) is 5.48. The van der Waals surface area contributed by atoms with Crippen LogP contribution in [0.2, 0.25) is 0 Å². The van der Waals surface area contributed by atoms with Crippen molar-refractivity contribution in [2.24, 2.45) is 5.92 Å². The molecule has 1 aliphatic carbocycles. The summed E-state index contributed by atoms with van der Waals surface area (Å²) in [6, 6.07) is 0. The molecule has 0 N–H and O–H groups in total. The molecule has 1 heteroatoms. The van der Waals surface area contributed by atoms with Gasteiger partial charge in [0, 0.05) is 12.5 Å². The van der Waals surface area contributed by atoms with Crippen LogP contribution < -0.4 is 0 Å². The molecule has 0 aromatic heterocycles. The van der Waals surface area contributed by atoms with Crippen molar-refractivity contribution in [1.29, 1.82) is 0 Å². The second-order valence-electron chi connectivity index (χ2n) is 2.87. The maximum Gasteiger partial charge on any atom is 0.0641 e. The van der Waals surface area contributed by atoms with E-state index in [1.807, 2.05) is 0 Å². The molecule has 0 bridgehead atoms. The SMILES string of the molecule is C1=CC2CCOC2CC1. The summed E-state index contributed by atoms with van der Waals surface area (Å²) in [7, 11) is 0. The fourth-order valence-corrected chi connectivity index (χ4v) is 1.71. The van der Waals surface area contributed by atoms with Crippen LogP contribution in [0.15, 0.2) is 12.2 Å². The molecule has 1 aliphatic heterocycles. The van der Waals surface area contributed by atoms with Gasteiger partial charge in [0.1, 0.15) is 0 Å². The zero-order chi connectivity index (χ0) is 6.10. The standard InChI is InChI=1S/C8H12O/c1-2-4-8-7(3-1)5-6-9-8/h1,3,7-8H,2,4-6H2. The number of fused-ring (bicyclic) bond motifs is 1. The molecule has 1 fully saturated rings. The van der Waals surface area contributed by atoms with Gasteiger partial charge in [0.05, 0.1) is 6.10 Å². The Labute approximate surface area is 55.7 Å². The summed E-state index contributed by atoms with van der Waals surface area (Å²) in [6.45, 7) is 0.986. The van der Waals surface area contributed by atoms with E-state index in [2.05, 4.69) is 12.2 Å². The fourth-order valence-electron chi connectivity index (χ4n) is 1.71. The lowest BCUT2D eigenvalue weighted by Gasteiger charge is -2.17. The van der Waals surface area contributed by atoms with Crippen molar-refractivity contribution >= 4 is 0 Å². The molecule has 1 saturated heterocycles. The lowest BCUT2D eigenvalue weighted by molar-refractivity contribution is 0.0899. The molecule has 0 radical (unpaired) electrons. The molecular weight excluding hydrogens is 112 g/mol. The maximum absolute atomic E-state index is 5.51. The Bertz CT molecular complexity index is 129. The molecule has 50 valence electrons. The number of rotatable bonds is 0. The molecule has 0 amide bonds. The fraction of sp³-hybridized carbons (Fsp3) is 0.750. The van der Waals surface area contributed by atoms with Gasteiger partial charge in [0.2, 0.25) is 0 Å². The Morgan fingerprint density at radius 1 is 1.33 bits per heavy atom. The van der Waals surface area contributed by atoms with Crippen LogP contribution in [0.3, 0.4) is 0 Å². The molecule has 9 heavy (non-hydrogen) atoms. The third-order valence-corrected chi connectivity index (χ3v) is 2.26. The van der Waals surface area contributed by atoms with E-state index in [0.29, 0.717) is 6.10 Å². The predicted octanol–water partition coefficient (Wildman–Crippen LogP) is 1.74. The lowest BCUT2D eigenvalue weighted by Crippen LogP contribution is -2.16. The normalized spacial score (nSPS) is 40.9. The minimum Gasteiger partial charge on any atom is -0.378 e. The molecule has 0 aromatic rings. The lowest BCUT2D eigenvalue weighted by atomic mass is 9.93. The predicted molar refractivity (Wildman–Crippen MR) is 36.2 cm³/mol. The minimum absolute atomic E-state index is 0.579. The zero-order valence-corrected chi connectivity index (χ0v) is 5.55. The van der Waals surface area contributed by atoms with Crippen LogP contribution in [0, 0.1) is 5.92 Å². The maximum atomic E-state index is 5.51. The van der Waals surface area contributed by atoms with Crippen LogP contribution >= 0.6 is 0 Å². The van der Waals surface area contributed by atoms with Crippen LogP contribution in [0.25, 0.3) is 0 Å². The Balaban J connectivity index is 2.10. The summed E-state index contributed by atoms with van der Waals surface area (Å²) in [5.41, 5.74) is 0. The highest BCUT2D eigenvalue weighted by Gasteiger charge is 2.26. The summed E-state index contributed by atoms with van der Waals surface area (Å²) in [5, 5.41) is 0. The second kappa shape index (κ2) is 2.14. The van der Waals surface area contributed by atoms with E-state index in [1.54, 1.807) is 0 Å². The summed E-state index contributed by atoms with van der Waals surface area (Å²) >= 11 is 0. The van der Waals surface area contributed by atoms with Gasteiger partial charge < -0.3 is 4.74 Å². The molecule has 0 saturated carbocycles. The highest BCUT2D eigenvalue weighted by Crippen LogP contribution is 2.29. The molecule has 2 unspecified atom stereocenters. The molecule has 0 spiro atoms. The van der Waals surface area contributed by atoms with Gasteiger partial charge in [-0.2, -0.15) is 0 Å². The minimum atomic E-state index is 0.579. The Morgan fingerprint density at radius 3 is 3.22 bits per heavy atom. The summed E-state index contributed by atoms with van der Waals surface area (Å²) in [4.78, 5) is 0. The average Bonchev–Trinajstić information content (AvgIpc) is 2.33. The van der Waals surface area contributed by atoms with Crippen molar-refractivity contribution in [3.63, 3.8) is 0 Å². The highest BCUT2D eigenvalue weighted by atomic mass is 16.5. The third kappa shape index (κ3) is 0.897. The van der Waals surface area contributed by atoms with E-state index in [-0.39, 0.29) is 0 Å². The van der Waals surface area contributed by atoms with E-state index in [4.69, 9.17) is 4.74 Å². The quantitative estimate of drug-likeness (QED) is 0.447. The smallest absolute Gasteiger partial charge is 0.0641 e. The molecule has 0 aromatic carbocycles. The number of ether oxygens (including phenoxy) is 1. The first-order chi connectivity index (χ1) is 4.47. The first-order valence-corrected chi connectivity index (χ1v) is 3.75. The van der Waals surface area contributed by atoms with Crippen LogP contribution in [-0.2, 0) is 4.74 Å². The van der Waals surface area contributed by atoms with E-state index >= 15 is 0 Å². The highest BCUT2D eigenvalue weighted by molar-refractivity contribution is 4.99. The van der Waals surface area contributed by atoms with Gasteiger partial charge in [-0.25, -0.2) is 0 Å². The number of hydrogen-bond acceptors (Lipinski definition) is 1. The number of hydrogen-bond donors (Lipinski definition) is 0. The van der Waals surface area contributed by atoms with Crippen molar-refractivity contribution in [3.05, 3.63) is 12.2 Å². The molecule has 2 atom stereocenters. The Morgan fingerprint density at radius 2 is 2.33 bits per heavy atom. The third-order valence-electron chi connectivity index (χ3n) is 2.26. The van der Waals surface area contributed by atoms with Gasteiger partial charge >= 0.3 is 0 Å². The largest absolute Gasteiger partial charge is 0.378 e. The Kier molecular flexibility index (Phi) is 1.31. The van der Waals surface area contributed by atoms with Crippen LogP contribution in [-0.4, -0.2) is 12.7 Å².